The van der Waals surface area contributed by atoms with Gasteiger partial charge in [0.2, 0.25) is 0 Å². The van der Waals surface area contributed by atoms with Crippen molar-refractivity contribution in [2.75, 3.05) is 13.7 Å². The lowest BCUT2D eigenvalue weighted by molar-refractivity contribution is -0.107. The highest BCUT2D eigenvalue weighted by Gasteiger charge is 2.28. The number of hydrogen-bond donors (Lipinski definition) is 0. The maximum Gasteiger partial charge on any atom is 0.264 e. The Balaban J connectivity index is 6.19. The molecule has 5 nitrogen and oxygen atoms in total. The molecule has 23 heavy (non-hydrogen) atoms. The Morgan fingerprint density at radius 1 is 1.26 bits per heavy atom. The summed E-state index contributed by atoms with van der Waals surface area (Å²) >= 11 is 0. The summed E-state index contributed by atoms with van der Waals surface area (Å²) in [5.41, 5.74) is 1.18. The van der Waals surface area contributed by atoms with Crippen LogP contribution in [0.25, 0.3) is 0 Å². The summed E-state index contributed by atoms with van der Waals surface area (Å²) in [6.07, 6.45) is 7.09. The smallest absolute Gasteiger partial charge is 0.264 e. The Hall–Kier alpha value is -2.08. The van der Waals surface area contributed by atoms with Gasteiger partial charge in [0, 0.05) is 0 Å². The van der Waals surface area contributed by atoms with E-state index in [0.717, 1.165) is 9.88 Å². The first-order valence-electron chi connectivity index (χ1n) is 7.13. The number of hydrogen-bond acceptors (Lipinski definition) is 4. The fourth-order valence-corrected chi connectivity index (χ4v) is 3.08. The average Bonchev–Trinajstić information content (AvgIpc) is 2.49. The van der Waals surface area contributed by atoms with E-state index in [4.69, 9.17) is 4.74 Å². The van der Waals surface area contributed by atoms with Crippen molar-refractivity contribution >= 4 is 16.3 Å². The number of rotatable bonds is 10. The lowest BCUT2D eigenvalue weighted by atomic mass is 10.3. The number of methoxy groups -OCH3 is 1. The van der Waals surface area contributed by atoms with Crippen LogP contribution in [-0.2, 0) is 19.6 Å². The van der Waals surface area contributed by atoms with Gasteiger partial charge in [-0.1, -0.05) is 37.8 Å². The van der Waals surface area contributed by atoms with Crippen molar-refractivity contribution in [3.05, 3.63) is 59.4 Å². The zero-order chi connectivity index (χ0) is 18.0. The fourth-order valence-electron chi connectivity index (χ4n) is 1.68. The minimum atomic E-state index is -3.96. The van der Waals surface area contributed by atoms with Gasteiger partial charge in [-0.05, 0) is 32.4 Å². The van der Waals surface area contributed by atoms with Crippen molar-refractivity contribution in [1.82, 2.24) is 4.31 Å². The van der Waals surface area contributed by atoms with Crippen LogP contribution in [-0.4, -0.2) is 32.7 Å². The van der Waals surface area contributed by atoms with Gasteiger partial charge in [0.15, 0.2) is 0 Å². The maximum atomic E-state index is 12.9. The van der Waals surface area contributed by atoms with Crippen LogP contribution in [0.4, 0.5) is 0 Å². The van der Waals surface area contributed by atoms with E-state index in [-0.39, 0.29) is 22.9 Å². The number of carbonyl (C=O) groups is 1. The topological polar surface area (TPSA) is 63.7 Å². The highest BCUT2D eigenvalue weighted by molar-refractivity contribution is 7.93. The highest BCUT2D eigenvalue weighted by atomic mass is 32.2. The number of sulfonamides is 1. The molecular formula is C17H25NO4S. The molecule has 0 bridgehead atoms. The first-order chi connectivity index (χ1) is 10.8. The minimum absolute atomic E-state index is 0.00791. The normalized spacial score (nSPS) is 12.3. The quantitative estimate of drug-likeness (QED) is 0.348. The molecule has 0 heterocycles. The third-order valence-electron chi connectivity index (χ3n) is 2.81. The molecule has 6 heteroatoms. The summed E-state index contributed by atoms with van der Waals surface area (Å²) in [6.45, 7) is 12.5. The van der Waals surface area contributed by atoms with Crippen LogP contribution in [0.5, 0.6) is 0 Å². The van der Waals surface area contributed by atoms with Crippen LogP contribution in [0.3, 0.4) is 0 Å². The standard InChI is InChI=1S/C17H25NO4S/c1-7-9-17(15(5)22-6)18(12-13-19)23(20,21)16(8-2)11-10-14(3)4/h8-11,13H,2,5,7,12H2,1,3-4,6H3/b16-11+,17-9+. The third kappa shape index (κ3) is 5.90. The van der Waals surface area contributed by atoms with E-state index in [1.165, 1.54) is 19.3 Å². The molecule has 0 aliphatic carbocycles. The molecule has 0 unspecified atom stereocenters. The van der Waals surface area contributed by atoms with E-state index in [0.29, 0.717) is 12.7 Å². The van der Waals surface area contributed by atoms with E-state index in [9.17, 15) is 13.2 Å². The second-order valence-corrected chi connectivity index (χ2v) is 6.71. The van der Waals surface area contributed by atoms with E-state index >= 15 is 0 Å². The Kier molecular flexibility index (Phi) is 8.95. The van der Waals surface area contributed by atoms with Gasteiger partial charge in [0.05, 0.1) is 24.3 Å². The second kappa shape index (κ2) is 9.84. The molecule has 0 aliphatic heterocycles. The number of ether oxygens (including phenoxy) is 1. The van der Waals surface area contributed by atoms with Crippen LogP contribution in [0.1, 0.15) is 27.2 Å². The lowest BCUT2D eigenvalue weighted by Gasteiger charge is -2.26. The molecule has 0 atom stereocenters. The van der Waals surface area contributed by atoms with Gasteiger partial charge >= 0.3 is 0 Å². The summed E-state index contributed by atoms with van der Waals surface area (Å²) in [7, 11) is -2.56. The van der Waals surface area contributed by atoms with Crippen LogP contribution < -0.4 is 0 Å². The Morgan fingerprint density at radius 3 is 2.26 bits per heavy atom. The summed E-state index contributed by atoms with van der Waals surface area (Å²) in [5.74, 6) is 0.169. The van der Waals surface area contributed by atoms with Crippen LogP contribution in [0.15, 0.2) is 59.4 Å². The number of allylic oxidation sites excluding steroid dienone is 5. The molecule has 0 N–H and O–H groups in total. The van der Waals surface area contributed by atoms with E-state index in [2.05, 4.69) is 13.2 Å². The van der Waals surface area contributed by atoms with E-state index in [1.54, 1.807) is 12.2 Å². The third-order valence-corrected chi connectivity index (χ3v) is 4.63. The van der Waals surface area contributed by atoms with Gasteiger partial charge in [-0.25, -0.2) is 8.42 Å². The fraction of sp³-hybridized carbons (Fsp3) is 0.353. The minimum Gasteiger partial charge on any atom is -0.495 e. The SMILES string of the molecule is C=C/C(=C\C=C(C)C)S(=O)(=O)N(CC=O)/C(=C/CC)C(=C)OC. The molecule has 0 fully saturated rings. The maximum absolute atomic E-state index is 12.9. The highest BCUT2D eigenvalue weighted by Crippen LogP contribution is 2.24. The predicted molar refractivity (Wildman–Crippen MR) is 93.9 cm³/mol. The second-order valence-electron chi connectivity index (χ2n) is 4.84. The molecule has 128 valence electrons. The van der Waals surface area contributed by atoms with Gasteiger partial charge in [-0.15, -0.1) is 0 Å². The largest absolute Gasteiger partial charge is 0.495 e. The molecular weight excluding hydrogens is 314 g/mol. The summed E-state index contributed by atoms with van der Waals surface area (Å²) < 4.78 is 31.8. The molecule has 0 aromatic heterocycles. The van der Waals surface area contributed by atoms with Crippen molar-refractivity contribution in [3.63, 3.8) is 0 Å². The molecule has 0 amide bonds. The van der Waals surface area contributed by atoms with E-state index < -0.39 is 10.0 Å². The van der Waals surface area contributed by atoms with Gasteiger partial charge in [-0.2, -0.15) is 0 Å². The zero-order valence-corrected chi connectivity index (χ0v) is 15.0. The zero-order valence-electron chi connectivity index (χ0n) is 14.2. The monoisotopic (exact) mass is 339 g/mol. The molecule has 0 aliphatic rings. The van der Waals surface area contributed by atoms with Gasteiger partial charge in [0.1, 0.15) is 12.0 Å². The van der Waals surface area contributed by atoms with Gasteiger partial charge in [-0.3, -0.25) is 4.31 Å². The van der Waals surface area contributed by atoms with Crippen molar-refractivity contribution in [1.29, 1.82) is 0 Å². The van der Waals surface area contributed by atoms with Crippen molar-refractivity contribution in [3.8, 4) is 0 Å². The number of aldehydes is 1. The molecule has 0 saturated heterocycles. The van der Waals surface area contributed by atoms with Crippen LogP contribution >= 0.6 is 0 Å². The molecule has 0 aromatic carbocycles. The Bertz CT molecular complexity index is 636. The van der Waals surface area contributed by atoms with E-state index in [1.807, 2.05) is 20.8 Å². The summed E-state index contributed by atoms with van der Waals surface area (Å²) in [6, 6.07) is 0. The van der Waals surface area contributed by atoms with Crippen LogP contribution in [0, 0.1) is 0 Å². The van der Waals surface area contributed by atoms with Crippen molar-refractivity contribution in [2.24, 2.45) is 0 Å². The number of nitrogens with zero attached hydrogens (tertiary/aromatic N) is 1. The van der Waals surface area contributed by atoms with Crippen LogP contribution in [0.2, 0.25) is 0 Å². The van der Waals surface area contributed by atoms with Gasteiger partial charge in [0.25, 0.3) is 10.0 Å². The van der Waals surface area contributed by atoms with Crippen molar-refractivity contribution in [2.45, 2.75) is 27.2 Å². The van der Waals surface area contributed by atoms with Gasteiger partial charge < -0.3 is 9.53 Å². The lowest BCUT2D eigenvalue weighted by Crippen LogP contribution is -2.33. The molecule has 0 saturated carbocycles. The predicted octanol–water partition coefficient (Wildman–Crippen LogP) is 3.31. The molecule has 0 spiro atoms. The van der Waals surface area contributed by atoms with Crippen molar-refractivity contribution < 1.29 is 17.9 Å². The first-order valence-corrected chi connectivity index (χ1v) is 8.57. The average molecular weight is 339 g/mol. The molecule has 0 aromatic rings. The summed E-state index contributed by atoms with van der Waals surface area (Å²) in [5, 5.41) is 0. The summed E-state index contributed by atoms with van der Waals surface area (Å²) in [4.78, 5) is 11.0. The molecule has 0 radical (unpaired) electrons. The first kappa shape index (κ1) is 20.9. The molecule has 0 rings (SSSR count). The Labute approximate surface area is 139 Å². The number of carbonyl (C=O) groups excluding carboxylic acids is 1. The Morgan fingerprint density at radius 2 is 1.87 bits per heavy atom.